The third-order valence-corrected chi connectivity index (χ3v) is 14.5. The molecule has 0 fully saturated rings. The van der Waals surface area contributed by atoms with E-state index >= 15 is 0 Å². The van der Waals surface area contributed by atoms with Crippen molar-refractivity contribution in [2.45, 2.75) is 283 Å². The lowest BCUT2D eigenvalue weighted by molar-refractivity contribution is -0.870. The molecule has 9 nitrogen and oxygen atoms in total. The van der Waals surface area contributed by atoms with Crippen LogP contribution < -0.4 is 4.89 Å². The van der Waals surface area contributed by atoms with Crippen molar-refractivity contribution in [2.75, 3.05) is 47.5 Å². The zero-order valence-electron chi connectivity index (χ0n) is 49.5. The Labute approximate surface area is 463 Å². The first-order valence-corrected chi connectivity index (χ1v) is 32.6. The van der Waals surface area contributed by atoms with E-state index in [0.29, 0.717) is 17.4 Å². The molecule has 0 aromatic heterocycles. The van der Waals surface area contributed by atoms with Crippen LogP contribution in [0.5, 0.6) is 0 Å². The van der Waals surface area contributed by atoms with Gasteiger partial charge in [0, 0.05) is 12.8 Å². The van der Waals surface area contributed by atoms with Gasteiger partial charge in [-0.1, -0.05) is 286 Å². The Kier molecular flexibility index (Phi) is 54.3. The number of carbonyl (C=O) groups excluding carboxylic acids is 2. The van der Waals surface area contributed by atoms with Crippen LogP contribution in [0.25, 0.3) is 0 Å². The molecule has 0 saturated heterocycles. The molecule has 0 heterocycles. The zero-order chi connectivity index (χ0) is 54.9. The predicted molar refractivity (Wildman–Crippen MR) is 319 cm³/mol. The topological polar surface area (TPSA) is 111 Å². The lowest BCUT2D eigenvalue weighted by Crippen LogP contribution is -2.37. The molecule has 0 aliphatic rings. The fraction of sp³-hybridized carbons (Fsp3) is 0.785. The number of phosphoric acid groups is 1. The van der Waals surface area contributed by atoms with Gasteiger partial charge in [0.2, 0.25) is 0 Å². The highest BCUT2D eigenvalue weighted by molar-refractivity contribution is 7.45. The van der Waals surface area contributed by atoms with E-state index in [1.165, 1.54) is 186 Å². The Morgan fingerprint density at radius 3 is 1.11 bits per heavy atom. The van der Waals surface area contributed by atoms with Crippen LogP contribution in [0.1, 0.15) is 277 Å². The SMILES string of the molecule is CC/C=C\C/C=C\C/C=C\C/C=C\C/C=C\C/C=C\CCC(=O)OC(COC(=O)CCCCCCCCCCCCCCCCCCCCCCCCCCCCCCCCCC)COP(=O)([O-])OCC[N+](C)(C)C. The maximum atomic E-state index is 12.7. The average molecular weight is 1070 g/mol. The first-order valence-electron chi connectivity index (χ1n) is 31.1. The molecule has 0 saturated carbocycles. The molecular formula is C65H118NO8P. The smallest absolute Gasteiger partial charge is 0.306 e. The van der Waals surface area contributed by atoms with Gasteiger partial charge < -0.3 is 27.9 Å². The number of phosphoric ester groups is 1. The molecule has 0 rings (SSSR count). The Bertz CT molecular complexity index is 1500. The van der Waals surface area contributed by atoms with Crippen LogP contribution in [0, 0.1) is 0 Å². The lowest BCUT2D eigenvalue weighted by Gasteiger charge is -2.28. The quantitative estimate of drug-likeness (QED) is 0.0195. The summed E-state index contributed by atoms with van der Waals surface area (Å²) in [6.45, 7) is 4.07. The van der Waals surface area contributed by atoms with Gasteiger partial charge in [-0.15, -0.1) is 0 Å². The van der Waals surface area contributed by atoms with E-state index in [0.717, 1.165) is 57.8 Å². The van der Waals surface area contributed by atoms with E-state index in [1.807, 2.05) is 33.3 Å². The van der Waals surface area contributed by atoms with Gasteiger partial charge in [-0.25, -0.2) is 0 Å². The van der Waals surface area contributed by atoms with Crippen molar-refractivity contribution < 1.29 is 42.1 Å². The summed E-state index contributed by atoms with van der Waals surface area (Å²) >= 11 is 0. The summed E-state index contributed by atoms with van der Waals surface area (Å²) in [5.41, 5.74) is 0. The molecule has 0 spiro atoms. The second kappa shape index (κ2) is 56.2. The largest absolute Gasteiger partial charge is 0.756 e. The highest BCUT2D eigenvalue weighted by Crippen LogP contribution is 2.38. The number of carbonyl (C=O) groups is 2. The number of ether oxygens (including phenoxy) is 2. The number of unbranched alkanes of at least 4 members (excludes halogenated alkanes) is 31. The molecule has 2 atom stereocenters. The van der Waals surface area contributed by atoms with Crippen LogP contribution in [0.2, 0.25) is 0 Å². The first kappa shape index (κ1) is 72.5. The van der Waals surface area contributed by atoms with Crippen molar-refractivity contribution in [1.29, 1.82) is 0 Å². The predicted octanol–water partition coefficient (Wildman–Crippen LogP) is 19.0. The fourth-order valence-electron chi connectivity index (χ4n) is 8.74. The van der Waals surface area contributed by atoms with Gasteiger partial charge in [-0.05, 0) is 51.4 Å². The molecule has 0 aliphatic heterocycles. The van der Waals surface area contributed by atoms with Crippen molar-refractivity contribution >= 4 is 19.8 Å². The third kappa shape index (κ3) is 60.5. The summed E-state index contributed by atoms with van der Waals surface area (Å²) in [5, 5.41) is 0. The van der Waals surface area contributed by atoms with E-state index in [2.05, 4.69) is 74.6 Å². The molecular weight excluding hydrogens is 954 g/mol. The molecule has 10 heteroatoms. The van der Waals surface area contributed by atoms with Gasteiger partial charge in [0.05, 0.1) is 27.7 Å². The normalized spacial score (nSPS) is 13.7. The van der Waals surface area contributed by atoms with Crippen LogP contribution in [0.4, 0.5) is 0 Å². The summed E-state index contributed by atoms with van der Waals surface area (Å²) in [4.78, 5) is 37.8. The van der Waals surface area contributed by atoms with E-state index < -0.39 is 32.5 Å². The maximum absolute atomic E-state index is 12.7. The minimum atomic E-state index is -4.66. The zero-order valence-corrected chi connectivity index (χ0v) is 50.4. The minimum Gasteiger partial charge on any atom is -0.756 e. The number of allylic oxidation sites excluding steroid dienone is 12. The first-order chi connectivity index (χ1) is 36.5. The molecule has 0 N–H and O–H groups in total. The summed E-state index contributed by atoms with van der Waals surface area (Å²) in [6, 6.07) is 0. The van der Waals surface area contributed by atoms with Crippen molar-refractivity contribution in [3.05, 3.63) is 72.9 Å². The minimum absolute atomic E-state index is 0.0462. The number of hydrogen-bond acceptors (Lipinski definition) is 8. The lowest BCUT2D eigenvalue weighted by atomic mass is 10.0. The molecule has 2 unspecified atom stereocenters. The second-order valence-corrected chi connectivity index (χ2v) is 23.5. The average Bonchev–Trinajstić information content (AvgIpc) is 3.37. The monoisotopic (exact) mass is 1070 g/mol. The third-order valence-electron chi connectivity index (χ3n) is 13.5. The van der Waals surface area contributed by atoms with Gasteiger partial charge in [0.25, 0.3) is 7.82 Å². The Morgan fingerprint density at radius 1 is 0.427 bits per heavy atom. The van der Waals surface area contributed by atoms with Crippen molar-refractivity contribution in [2.24, 2.45) is 0 Å². The van der Waals surface area contributed by atoms with Crippen LogP contribution in [0.15, 0.2) is 72.9 Å². The number of hydrogen-bond donors (Lipinski definition) is 0. The van der Waals surface area contributed by atoms with E-state index in [4.69, 9.17) is 18.5 Å². The summed E-state index contributed by atoms with van der Waals surface area (Å²) in [5.74, 6) is -0.925. The molecule has 0 aliphatic carbocycles. The van der Waals surface area contributed by atoms with Crippen molar-refractivity contribution in [3.63, 3.8) is 0 Å². The van der Waals surface area contributed by atoms with Crippen molar-refractivity contribution in [1.82, 2.24) is 0 Å². The summed E-state index contributed by atoms with van der Waals surface area (Å²) < 4.78 is 34.1. The molecule has 0 bridgehead atoms. The van der Waals surface area contributed by atoms with Gasteiger partial charge in [-0.3, -0.25) is 14.2 Å². The van der Waals surface area contributed by atoms with E-state index in [-0.39, 0.29) is 26.1 Å². The van der Waals surface area contributed by atoms with Crippen LogP contribution in [-0.2, 0) is 32.7 Å². The second-order valence-electron chi connectivity index (χ2n) is 22.0. The Morgan fingerprint density at radius 2 is 0.760 bits per heavy atom. The standard InChI is InChI=1S/C65H118NO8P/c1-6-8-10-12-14-16-18-20-22-24-26-27-28-29-30-31-32-33-34-35-36-37-38-40-41-43-45-47-49-51-53-55-57-64(67)71-61-63(62-73-75(69,70)72-60-59-66(3,4)5)74-65(68)58-56-54-52-50-48-46-44-42-39-25-23-21-19-17-15-13-11-9-7-2/h9,11,15,17,21,23,39,42,46,48,52,54,63H,6-8,10,12-14,16,18-20,22,24-38,40-41,43-45,47,49-51,53,55-62H2,1-5H3/b11-9-,17-15-,23-21-,42-39-,48-46-,54-52-. The number of nitrogens with zero attached hydrogens (tertiary/aromatic N) is 1. The van der Waals surface area contributed by atoms with E-state index in [9.17, 15) is 19.0 Å². The number of likely N-dealkylation sites (N-methyl/N-ethyl adjacent to an activating group) is 1. The maximum Gasteiger partial charge on any atom is 0.306 e. The Balaban J connectivity index is 4.08. The summed E-state index contributed by atoms with van der Waals surface area (Å²) in [7, 11) is 1.12. The molecule has 0 radical (unpaired) electrons. The van der Waals surface area contributed by atoms with E-state index in [1.54, 1.807) is 0 Å². The molecule has 436 valence electrons. The molecule has 0 aromatic rings. The molecule has 0 amide bonds. The number of rotatable bonds is 57. The number of esters is 2. The highest BCUT2D eigenvalue weighted by Gasteiger charge is 2.21. The highest BCUT2D eigenvalue weighted by atomic mass is 31.2. The Hall–Kier alpha value is -2.55. The van der Waals surface area contributed by atoms with Crippen LogP contribution in [0.3, 0.4) is 0 Å². The van der Waals surface area contributed by atoms with Gasteiger partial charge in [0.1, 0.15) is 19.8 Å². The van der Waals surface area contributed by atoms with Crippen LogP contribution in [-0.4, -0.2) is 70.0 Å². The van der Waals surface area contributed by atoms with Crippen molar-refractivity contribution in [3.8, 4) is 0 Å². The summed E-state index contributed by atoms with van der Waals surface area (Å²) in [6.07, 6.45) is 74.3. The molecule has 75 heavy (non-hydrogen) atoms. The fourth-order valence-corrected chi connectivity index (χ4v) is 9.47. The molecule has 0 aromatic carbocycles. The van der Waals surface area contributed by atoms with Gasteiger partial charge in [-0.2, -0.15) is 0 Å². The number of quaternary nitrogens is 1. The van der Waals surface area contributed by atoms with Gasteiger partial charge in [0.15, 0.2) is 6.10 Å². The van der Waals surface area contributed by atoms with Gasteiger partial charge >= 0.3 is 11.9 Å². The van der Waals surface area contributed by atoms with Crippen LogP contribution >= 0.6 is 7.82 Å².